The topological polar surface area (TPSA) is 72.1 Å². The normalized spacial score (nSPS) is 20.2. The minimum atomic E-state index is -0.212. The summed E-state index contributed by atoms with van der Waals surface area (Å²) >= 11 is 1.63. The van der Waals surface area contributed by atoms with E-state index >= 15 is 0 Å². The third-order valence-corrected chi connectivity index (χ3v) is 4.25. The molecule has 0 aromatic carbocycles. The number of carbonyl (C=O) groups excluding carboxylic acids is 1. The zero-order valence-corrected chi connectivity index (χ0v) is 10.7. The lowest BCUT2D eigenvalue weighted by atomic mass is 9.97. The van der Waals surface area contributed by atoms with E-state index in [1.807, 2.05) is 11.4 Å². The van der Waals surface area contributed by atoms with Gasteiger partial charge in [0.05, 0.1) is 16.1 Å². The number of primary amides is 1. The van der Waals surface area contributed by atoms with Crippen molar-refractivity contribution in [2.24, 2.45) is 11.7 Å². The molecule has 0 saturated carbocycles. The van der Waals surface area contributed by atoms with Gasteiger partial charge in [-0.15, -0.1) is 11.3 Å². The van der Waals surface area contributed by atoms with E-state index in [-0.39, 0.29) is 11.8 Å². The van der Waals surface area contributed by atoms with Crippen LogP contribution < -0.4 is 10.6 Å². The quantitative estimate of drug-likeness (QED) is 0.887. The van der Waals surface area contributed by atoms with Crippen molar-refractivity contribution in [3.63, 3.8) is 0 Å². The predicted molar refractivity (Wildman–Crippen MR) is 71.5 cm³/mol. The maximum absolute atomic E-state index is 11.3. The lowest BCUT2D eigenvalue weighted by molar-refractivity contribution is -0.122. The Hall–Kier alpha value is -1.69. The maximum Gasteiger partial charge on any atom is 0.222 e. The van der Waals surface area contributed by atoms with Crippen molar-refractivity contribution in [3.8, 4) is 0 Å². The summed E-state index contributed by atoms with van der Waals surface area (Å²) in [5.41, 5.74) is 6.37. The first kappa shape index (κ1) is 11.4. The predicted octanol–water partition coefficient (Wildman–Crippen LogP) is 1.39. The summed E-state index contributed by atoms with van der Waals surface area (Å²) in [6.45, 7) is 1.59. The van der Waals surface area contributed by atoms with Gasteiger partial charge in [-0.3, -0.25) is 4.79 Å². The van der Waals surface area contributed by atoms with Crippen LogP contribution in [0.15, 0.2) is 17.8 Å². The maximum atomic E-state index is 11.3. The second-order valence-corrected chi connectivity index (χ2v) is 5.44. The summed E-state index contributed by atoms with van der Waals surface area (Å²) in [4.78, 5) is 22.1. The van der Waals surface area contributed by atoms with Crippen molar-refractivity contribution in [1.82, 2.24) is 9.97 Å². The highest BCUT2D eigenvalue weighted by molar-refractivity contribution is 7.17. The van der Waals surface area contributed by atoms with Gasteiger partial charge in [0, 0.05) is 13.1 Å². The molecule has 1 fully saturated rings. The van der Waals surface area contributed by atoms with Gasteiger partial charge in [-0.25, -0.2) is 9.97 Å². The van der Waals surface area contributed by atoms with E-state index in [9.17, 15) is 4.79 Å². The van der Waals surface area contributed by atoms with Crippen LogP contribution in [0, 0.1) is 5.92 Å². The molecular weight excluding hydrogens is 248 g/mol. The Bertz CT molecular complexity index is 582. The van der Waals surface area contributed by atoms with Crippen LogP contribution in [0.25, 0.3) is 10.2 Å². The van der Waals surface area contributed by atoms with E-state index in [2.05, 4.69) is 14.9 Å². The number of anilines is 1. The summed E-state index contributed by atoms with van der Waals surface area (Å²) < 4.78 is 1.09. The van der Waals surface area contributed by atoms with Gasteiger partial charge >= 0.3 is 0 Å². The Labute approximate surface area is 109 Å². The van der Waals surface area contributed by atoms with Crippen LogP contribution in [-0.4, -0.2) is 29.0 Å². The molecule has 2 aromatic heterocycles. The van der Waals surface area contributed by atoms with E-state index in [1.165, 1.54) is 0 Å². The Morgan fingerprint density at radius 3 is 3.22 bits per heavy atom. The highest BCUT2D eigenvalue weighted by atomic mass is 32.1. The van der Waals surface area contributed by atoms with Crippen molar-refractivity contribution in [3.05, 3.63) is 17.8 Å². The molecule has 3 rings (SSSR count). The molecule has 2 aromatic rings. The highest BCUT2D eigenvalue weighted by Crippen LogP contribution is 2.30. The zero-order chi connectivity index (χ0) is 12.5. The van der Waals surface area contributed by atoms with Crippen LogP contribution in [0.5, 0.6) is 0 Å². The van der Waals surface area contributed by atoms with E-state index < -0.39 is 0 Å². The molecule has 1 amide bonds. The fraction of sp³-hybridized carbons (Fsp3) is 0.417. The number of nitrogens with two attached hydrogens (primary N) is 1. The molecule has 0 radical (unpaired) electrons. The first-order valence-electron chi connectivity index (χ1n) is 5.98. The first-order valence-corrected chi connectivity index (χ1v) is 6.86. The lowest BCUT2D eigenvalue weighted by Gasteiger charge is -2.32. The number of thiophene rings is 1. The summed E-state index contributed by atoms with van der Waals surface area (Å²) in [5.74, 6) is 0.654. The van der Waals surface area contributed by atoms with Gasteiger partial charge in [0.25, 0.3) is 0 Å². The molecule has 1 unspecified atom stereocenters. The van der Waals surface area contributed by atoms with Gasteiger partial charge in [0.2, 0.25) is 5.91 Å². The summed E-state index contributed by atoms with van der Waals surface area (Å²) in [5, 5.41) is 2.01. The number of aromatic nitrogens is 2. The highest BCUT2D eigenvalue weighted by Gasteiger charge is 2.25. The fourth-order valence-corrected chi connectivity index (χ4v) is 3.26. The van der Waals surface area contributed by atoms with Gasteiger partial charge in [-0.05, 0) is 24.3 Å². The summed E-state index contributed by atoms with van der Waals surface area (Å²) in [7, 11) is 0. The molecule has 1 aliphatic heterocycles. The minimum absolute atomic E-state index is 0.0660. The third-order valence-electron chi connectivity index (χ3n) is 3.35. The average Bonchev–Trinajstić information content (AvgIpc) is 2.87. The Kier molecular flexibility index (Phi) is 2.87. The number of carbonyl (C=O) groups is 1. The Morgan fingerprint density at radius 2 is 2.39 bits per heavy atom. The molecule has 6 heteroatoms. The van der Waals surface area contributed by atoms with Crippen molar-refractivity contribution < 1.29 is 4.79 Å². The lowest BCUT2D eigenvalue weighted by Crippen LogP contribution is -2.41. The van der Waals surface area contributed by atoms with Gasteiger partial charge in [0.1, 0.15) is 12.1 Å². The summed E-state index contributed by atoms with van der Waals surface area (Å²) in [6, 6.07) is 1.99. The second kappa shape index (κ2) is 4.53. The summed E-state index contributed by atoms with van der Waals surface area (Å²) in [6.07, 6.45) is 3.44. The average molecular weight is 262 g/mol. The van der Waals surface area contributed by atoms with Gasteiger partial charge < -0.3 is 10.6 Å². The minimum Gasteiger partial charge on any atom is -0.369 e. The fourth-order valence-electron chi connectivity index (χ4n) is 2.40. The Balaban J connectivity index is 1.94. The molecule has 94 valence electrons. The zero-order valence-electron chi connectivity index (χ0n) is 9.87. The number of fused-ring (bicyclic) bond motifs is 1. The first-order chi connectivity index (χ1) is 8.75. The van der Waals surface area contributed by atoms with E-state index in [4.69, 9.17) is 5.73 Å². The molecule has 3 heterocycles. The molecule has 0 aliphatic carbocycles. The number of hydrogen-bond acceptors (Lipinski definition) is 5. The smallest absolute Gasteiger partial charge is 0.222 e. The molecule has 1 atom stereocenters. The molecule has 1 aliphatic rings. The van der Waals surface area contributed by atoms with E-state index in [0.29, 0.717) is 6.54 Å². The van der Waals surface area contributed by atoms with Crippen LogP contribution in [0.4, 0.5) is 5.82 Å². The van der Waals surface area contributed by atoms with Gasteiger partial charge in [0.15, 0.2) is 0 Å². The van der Waals surface area contributed by atoms with Gasteiger partial charge in [-0.1, -0.05) is 0 Å². The molecule has 0 spiro atoms. The number of piperidine rings is 1. The van der Waals surface area contributed by atoms with Crippen molar-refractivity contribution in [1.29, 1.82) is 0 Å². The standard InChI is InChI=1S/C12H14N4OS/c13-11(17)8-2-1-4-16(6-8)12-10-9(3-5-18-10)14-7-15-12/h3,5,7-8H,1-2,4,6H2,(H2,13,17). The SMILES string of the molecule is NC(=O)C1CCCN(c2ncnc3ccsc23)C1. The van der Waals surface area contributed by atoms with E-state index in [1.54, 1.807) is 17.7 Å². The number of amides is 1. The number of rotatable bonds is 2. The van der Waals surface area contributed by atoms with Crippen molar-refractivity contribution in [2.45, 2.75) is 12.8 Å². The molecule has 5 nitrogen and oxygen atoms in total. The van der Waals surface area contributed by atoms with Crippen molar-refractivity contribution >= 4 is 33.3 Å². The van der Waals surface area contributed by atoms with Crippen LogP contribution >= 0.6 is 11.3 Å². The molecule has 18 heavy (non-hydrogen) atoms. The molecular formula is C12H14N4OS. The molecule has 1 saturated heterocycles. The van der Waals surface area contributed by atoms with Gasteiger partial charge in [-0.2, -0.15) is 0 Å². The largest absolute Gasteiger partial charge is 0.369 e. The monoisotopic (exact) mass is 262 g/mol. The van der Waals surface area contributed by atoms with Crippen LogP contribution in [-0.2, 0) is 4.79 Å². The van der Waals surface area contributed by atoms with Crippen LogP contribution in [0.2, 0.25) is 0 Å². The van der Waals surface area contributed by atoms with Crippen molar-refractivity contribution in [2.75, 3.05) is 18.0 Å². The second-order valence-electron chi connectivity index (χ2n) is 4.52. The number of hydrogen-bond donors (Lipinski definition) is 1. The van der Waals surface area contributed by atoms with Crippen LogP contribution in [0.1, 0.15) is 12.8 Å². The van der Waals surface area contributed by atoms with E-state index in [0.717, 1.165) is 35.4 Å². The Morgan fingerprint density at radius 1 is 1.50 bits per heavy atom. The molecule has 2 N–H and O–H groups in total. The number of nitrogens with zero attached hydrogens (tertiary/aromatic N) is 3. The van der Waals surface area contributed by atoms with Crippen LogP contribution in [0.3, 0.4) is 0 Å². The third kappa shape index (κ3) is 1.92. The molecule has 0 bridgehead atoms.